The van der Waals surface area contributed by atoms with E-state index >= 15 is 0 Å². The molecular formula is C13H24N4OS. The van der Waals surface area contributed by atoms with Gasteiger partial charge in [0.25, 0.3) is 0 Å². The van der Waals surface area contributed by atoms with Gasteiger partial charge in [-0.05, 0) is 53.8 Å². The Bertz CT molecular complexity index is 499. The van der Waals surface area contributed by atoms with Crippen molar-refractivity contribution >= 4 is 18.2 Å². The fourth-order valence-electron chi connectivity index (χ4n) is 2.91. The van der Waals surface area contributed by atoms with Crippen molar-refractivity contribution in [2.24, 2.45) is 0 Å². The van der Waals surface area contributed by atoms with Crippen LogP contribution in [0, 0.1) is 4.77 Å². The van der Waals surface area contributed by atoms with Gasteiger partial charge >= 0.3 is 0 Å². The van der Waals surface area contributed by atoms with E-state index in [1.807, 2.05) is 0 Å². The highest BCUT2D eigenvalue weighted by Crippen LogP contribution is 2.31. The van der Waals surface area contributed by atoms with E-state index in [-0.39, 0.29) is 17.2 Å². The van der Waals surface area contributed by atoms with Gasteiger partial charge in [0, 0.05) is 19.1 Å². The van der Waals surface area contributed by atoms with Crippen molar-refractivity contribution in [2.75, 3.05) is 18.0 Å². The molecule has 2 rings (SSSR count). The molecule has 108 valence electrons. The number of nitrogens with one attached hydrogen (secondary N) is 1. The zero-order chi connectivity index (χ0) is 14.4. The quantitative estimate of drug-likeness (QED) is 0.848. The zero-order valence-electron chi connectivity index (χ0n) is 12.6. The number of rotatable bonds is 2. The van der Waals surface area contributed by atoms with Crippen molar-refractivity contribution in [2.45, 2.75) is 58.8 Å². The van der Waals surface area contributed by atoms with E-state index in [4.69, 9.17) is 17.0 Å². The third-order valence-electron chi connectivity index (χ3n) is 3.18. The topological polar surface area (TPSA) is 46.1 Å². The number of ether oxygens (including phenoxy) is 1. The molecule has 2 heterocycles. The Labute approximate surface area is 119 Å². The first-order chi connectivity index (χ1) is 8.61. The van der Waals surface area contributed by atoms with Crippen LogP contribution in [0.2, 0.25) is 0 Å². The molecule has 5 nitrogen and oxygen atoms in total. The molecule has 0 aromatic carbocycles. The number of aromatic nitrogens is 3. The predicted molar refractivity (Wildman–Crippen MR) is 79.3 cm³/mol. The number of aromatic amines is 1. The fraction of sp³-hybridized carbons (Fsp3) is 0.846. The molecule has 1 fully saturated rings. The molecule has 1 aromatic heterocycles. The molecule has 1 N–H and O–H groups in total. The number of anilines is 1. The molecule has 0 unspecified atom stereocenters. The minimum absolute atomic E-state index is 0.197. The third kappa shape index (κ3) is 3.00. The van der Waals surface area contributed by atoms with Crippen LogP contribution in [0.4, 0.5) is 5.95 Å². The summed E-state index contributed by atoms with van der Waals surface area (Å²) in [7, 11) is 0. The summed E-state index contributed by atoms with van der Waals surface area (Å²) >= 11 is 5.32. The van der Waals surface area contributed by atoms with E-state index in [1.165, 1.54) is 0 Å². The molecule has 0 bridgehead atoms. The van der Waals surface area contributed by atoms with E-state index in [1.54, 1.807) is 0 Å². The van der Waals surface area contributed by atoms with Crippen LogP contribution in [0.1, 0.15) is 47.6 Å². The molecule has 0 atom stereocenters. The summed E-state index contributed by atoms with van der Waals surface area (Å²) in [6.45, 7) is 14.3. The lowest BCUT2D eigenvalue weighted by Crippen LogP contribution is -2.58. The Morgan fingerprint density at radius 2 is 1.74 bits per heavy atom. The van der Waals surface area contributed by atoms with Crippen LogP contribution in [-0.2, 0) is 4.74 Å². The normalized spacial score (nSPS) is 21.9. The number of nitrogens with zero attached hydrogens (tertiary/aromatic N) is 3. The highest BCUT2D eigenvalue weighted by molar-refractivity contribution is 7.71. The van der Waals surface area contributed by atoms with Gasteiger partial charge in [-0.3, -0.25) is 4.57 Å². The summed E-state index contributed by atoms with van der Waals surface area (Å²) in [6.07, 6.45) is 0. The van der Waals surface area contributed by atoms with Gasteiger partial charge in [0.1, 0.15) is 0 Å². The van der Waals surface area contributed by atoms with Gasteiger partial charge in [0.2, 0.25) is 5.95 Å². The molecule has 1 aliphatic heterocycles. The SMILES string of the molecule is CC(C)n1c(N2CC(C)(C)OC(C)(C)C2)n[nH]c1=S. The van der Waals surface area contributed by atoms with Gasteiger partial charge in [-0.2, -0.15) is 0 Å². The van der Waals surface area contributed by atoms with Crippen LogP contribution in [-0.4, -0.2) is 39.1 Å². The average molecular weight is 284 g/mol. The van der Waals surface area contributed by atoms with Crippen LogP contribution < -0.4 is 4.90 Å². The first-order valence-electron chi connectivity index (χ1n) is 6.73. The molecule has 0 radical (unpaired) electrons. The summed E-state index contributed by atoms with van der Waals surface area (Å²) < 4.78 is 8.84. The Kier molecular flexibility index (Phi) is 3.51. The van der Waals surface area contributed by atoms with Crippen LogP contribution in [0.5, 0.6) is 0 Å². The smallest absolute Gasteiger partial charge is 0.226 e. The number of hydrogen-bond donors (Lipinski definition) is 1. The second kappa shape index (κ2) is 4.59. The van der Waals surface area contributed by atoms with E-state index in [0.717, 1.165) is 19.0 Å². The molecule has 1 aromatic rings. The van der Waals surface area contributed by atoms with Gasteiger partial charge < -0.3 is 9.64 Å². The Balaban J connectivity index is 2.39. The van der Waals surface area contributed by atoms with Crippen molar-refractivity contribution in [1.29, 1.82) is 0 Å². The van der Waals surface area contributed by atoms with E-state index < -0.39 is 0 Å². The minimum Gasteiger partial charge on any atom is -0.366 e. The van der Waals surface area contributed by atoms with Crippen LogP contribution >= 0.6 is 12.2 Å². The maximum atomic E-state index is 6.11. The first kappa shape index (κ1) is 14.5. The van der Waals surface area contributed by atoms with Crippen molar-refractivity contribution in [3.8, 4) is 0 Å². The van der Waals surface area contributed by atoms with E-state index in [9.17, 15) is 0 Å². The van der Waals surface area contributed by atoms with Crippen molar-refractivity contribution in [3.63, 3.8) is 0 Å². The van der Waals surface area contributed by atoms with Crippen molar-refractivity contribution < 1.29 is 4.74 Å². The Hall–Kier alpha value is -0.880. The van der Waals surface area contributed by atoms with Gasteiger partial charge in [-0.1, -0.05) is 0 Å². The fourth-order valence-corrected chi connectivity index (χ4v) is 3.25. The second-order valence-corrected chi connectivity index (χ2v) is 7.16. The summed E-state index contributed by atoms with van der Waals surface area (Å²) in [5.41, 5.74) is -0.395. The van der Waals surface area contributed by atoms with Gasteiger partial charge in [0.15, 0.2) is 4.77 Å². The molecular weight excluding hydrogens is 260 g/mol. The van der Waals surface area contributed by atoms with E-state index in [0.29, 0.717) is 4.77 Å². The Morgan fingerprint density at radius 3 is 2.21 bits per heavy atom. The third-order valence-corrected chi connectivity index (χ3v) is 3.47. The number of hydrogen-bond acceptors (Lipinski definition) is 4. The maximum Gasteiger partial charge on any atom is 0.226 e. The second-order valence-electron chi connectivity index (χ2n) is 6.77. The summed E-state index contributed by atoms with van der Waals surface area (Å²) in [5.74, 6) is 0.907. The monoisotopic (exact) mass is 284 g/mol. The number of H-pyrrole nitrogens is 1. The summed E-state index contributed by atoms with van der Waals surface area (Å²) in [5, 5.41) is 7.31. The molecule has 1 saturated heterocycles. The Morgan fingerprint density at radius 1 is 1.21 bits per heavy atom. The lowest BCUT2D eigenvalue weighted by atomic mass is 9.99. The van der Waals surface area contributed by atoms with Gasteiger partial charge in [-0.25, -0.2) is 5.10 Å². The van der Waals surface area contributed by atoms with Gasteiger partial charge in [0.05, 0.1) is 11.2 Å². The predicted octanol–water partition coefficient (Wildman–Crippen LogP) is 2.92. The first-order valence-corrected chi connectivity index (χ1v) is 7.14. The minimum atomic E-state index is -0.197. The maximum absolute atomic E-state index is 6.11. The van der Waals surface area contributed by atoms with Crippen LogP contribution in [0.3, 0.4) is 0 Å². The highest BCUT2D eigenvalue weighted by atomic mass is 32.1. The van der Waals surface area contributed by atoms with Gasteiger partial charge in [-0.15, -0.1) is 5.10 Å². The standard InChI is InChI=1S/C13H24N4OS/c1-9(2)17-10(14-15-11(17)19)16-7-12(3,4)18-13(5,6)8-16/h9H,7-8H2,1-6H3,(H,15,19). The molecule has 0 spiro atoms. The molecule has 6 heteroatoms. The van der Waals surface area contributed by atoms with Crippen LogP contribution in [0.15, 0.2) is 0 Å². The number of morpholine rings is 1. The lowest BCUT2D eigenvalue weighted by Gasteiger charge is -2.47. The zero-order valence-corrected chi connectivity index (χ0v) is 13.5. The van der Waals surface area contributed by atoms with Crippen molar-refractivity contribution in [1.82, 2.24) is 14.8 Å². The molecule has 0 aliphatic carbocycles. The molecule has 0 saturated carbocycles. The lowest BCUT2D eigenvalue weighted by molar-refractivity contribution is -0.133. The van der Waals surface area contributed by atoms with Crippen molar-refractivity contribution in [3.05, 3.63) is 4.77 Å². The largest absolute Gasteiger partial charge is 0.366 e. The molecule has 1 aliphatic rings. The summed E-state index contributed by atoms with van der Waals surface area (Å²) in [6, 6.07) is 0.287. The molecule has 19 heavy (non-hydrogen) atoms. The average Bonchev–Trinajstić information content (AvgIpc) is 2.55. The molecule has 0 amide bonds. The highest BCUT2D eigenvalue weighted by Gasteiger charge is 2.39. The summed E-state index contributed by atoms with van der Waals surface area (Å²) in [4.78, 5) is 2.26. The van der Waals surface area contributed by atoms with E-state index in [2.05, 4.69) is 61.2 Å². The van der Waals surface area contributed by atoms with Crippen LogP contribution in [0.25, 0.3) is 0 Å².